The van der Waals surface area contributed by atoms with E-state index in [0.717, 1.165) is 10.9 Å². The molecule has 3 aromatic heterocycles. The number of carbonyl (C=O) groups excluding carboxylic acids is 1. The van der Waals surface area contributed by atoms with Crippen LogP contribution in [0.5, 0.6) is 0 Å². The third-order valence-electron chi connectivity index (χ3n) is 5.65. The van der Waals surface area contributed by atoms with E-state index in [1.807, 2.05) is 36.4 Å². The van der Waals surface area contributed by atoms with Crippen molar-refractivity contribution in [1.29, 1.82) is 0 Å². The molecule has 0 spiro atoms. The van der Waals surface area contributed by atoms with Crippen LogP contribution >= 0.6 is 11.6 Å². The molecule has 6 nitrogen and oxygen atoms in total. The van der Waals surface area contributed by atoms with Gasteiger partial charge in [0.25, 0.3) is 0 Å². The maximum Gasteiger partial charge on any atom is 0.343 e. The van der Waals surface area contributed by atoms with E-state index in [9.17, 15) is 14.0 Å². The Balaban J connectivity index is 1.71. The molecule has 0 aliphatic carbocycles. The first-order valence-corrected chi connectivity index (χ1v) is 11.3. The fourth-order valence-electron chi connectivity index (χ4n) is 3.95. The molecule has 0 radical (unpaired) electrons. The highest BCUT2D eigenvalue weighted by molar-refractivity contribution is 6.30. The highest BCUT2D eigenvalue weighted by Gasteiger charge is 2.19. The summed E-state index contributed by atoms with van der Waals surface area (Å²) >= 11 is 5.97. The zero-order chi connectivity index (χ0) is 24.5. The van der Waals surface area contributed by atoms with Gasteiger partial charge in [-0.3, -0.25) is 4.79 Å². The zero-order valence-corrected chi connectivity index (χ0v) is 19.4. The van der Waals surface area contributed by atoms with E-state index in [4.69, 9.17) is 21.3 Å². The van der Waals surface area contributed by atoms with Gasteiger partial charge in [-0.05, 0) is 37.3 Å². The average Bonchev–Trinajstić information content (AvgIpc) is 2.88. The Morgan fingerprint density at radius 2 is 1.77 bits per heavy atom. The van der Waals surface area contributed by atoms with Crippen molar-refractivity contribution in [1.82, 2.24) is 14.5 Å². The average molecular weight is 488 g/mol. The van der Waals surface area contributed by atoms with Crippen LogP contribution < -0.4 is 5.43 Å². The number of para-hydroxylation sites is 1. The van der Waals surface area contributed by atoms with Gasteiger partial charge in [-0.1, -0.05) is 48.0 Å². The third-order valence-corrected chi connectivity index (χ3v) is 5.94. The maximum atomic E-state index is 14.7. The van der Waals surface area contributed by atoms with Crippen molar-refractivity contribution >= 4 is 39.5 Å². The van der Waals surface area contributed by atoms with Gasteiger partial charge in [0.05, 0.1) is 40.5 Å². The smallest absolute Gasteiger partial charge is 0.343 e. The minimum absolute atomic E-state index is 0.00280. The molecule has 2 aromatic carbocycles. The molecule has 0 aliphatic rings. The summed E-state index contributed by atoms with van der Waals surface area (Å²) < 4.78 is 21.3. The normalized spacial score (nSPS) is 11.2. The number of nitrogens with zero attached hydrogens (tertiary/aromatic N) is 3. The summed E-state index contributed by atoms with van der Waals surface area (Å²) in [5.74, 6) is -1.33. The molecule has 0 N–H and O–H groups in total. The van der Waals surface area contributed by atoms with Crippen LogP contribution in [0.3, 0.4) is 0 Å². The predicted octanol–water partition coefficient (Wildman–Crippen LogP) is 5.63. The number of aromatic nitrogens is 3. The fraction of sp³-hybridized carbons (Fsp3) is 0.111. The van der Waals surface area contributed by atoms with Crippen molar-refractivity contribution < 1.29 is 13.9 Å². The molecular formula is C27H19ClFN3O3. The number of benzene rings is 2. The molecule has 3 heterocycles. The summed E-state index contributed by atoms with van der Waals surface area (Å²) in [7, 11) is 0. The number of esters is 1. The molecule has 35 heavy (non-hydrogen) atoms. The largest absolute Gasteiger partial charge is 0.462 e. The van der Waals surface area contributed by atoms with Crippen molar-refractivity contribution in [2.75, 3.05) is 6.61 Å². The SMILES string of the molecule is CCOC(=O)c1cn(Cc2cccc(Cl)c2F)c2nc(-c3ccc4ccccc4n3)ccc2c1=O. The van der Waals surface area contributed by atoms with E-state index in [1.54, 1.807) is 35.8 Å². The number of hydrogen-bond donors (Lipinski definition) is 0. The van der Waals surface area contributed by atoms with E-state index < -0.39 is 17.2 Å². The molecule has 0 aliphatic heterocycles. The lowest BCUT2D eigenvalue weighted by molar-refractivity contribution is 0.0524. The van der Waals surface area contributed by atoms with Gasteiger partial charge in [0.15, 0.2) is 0 Å². The van der Waals surface area contributed by atoms with Crippen molar-refractivity contribution in [3.63, 3.8) is 0 Å². The molecule has 0 fully saturated rings. The molecule has 5 aromatic rings. The first-order chi connectivity index (χ1) is 17.0. The summed E-state index contributed by atoms with van der Waals surface area (Å²) in [6, 6.07) is 19.5. The minimum Gasteiger partial charge on any atom is -0.462 e. The van der Waals surface area contributed by atoms with Crippen molar-refractivity contribution in [2.24, 2.45) is 0 Å². The van der Waals surface area contributed by atoms with Gasteiger partial charge in [-0.15, -0.1) is 0 Å². The standard InChI is InChI=1S/C27H19ClFN3O3/c1-2-35-27(34)19-15-32(14-17-7-5-8-20(28)24(17)29)26-18(25(19)33)11-13-23(31-26)22-12-10-16-6-3-4-9-21(16)30-22/h3-13,15H,2,14H2,1H3. The monoisotopic (exact) mass is 487 g/mol. The maximum absolute atomic E-state index is 14.7. The van der Waals surface area contributed by atoms with Gasteiger partial charge >= 0.3 is 5.97 Å². The first kappa shape index (κ1) is 22.7. The van der Waals surface area contributed by atoms with E-state index in [2.05, 4.69) is 4.98 Å². The van der Waals surface area contributed by atoms with Crippen molar-refractivity contribution in [3.05, 3.63) is 105 Å². The van der Waals surface area contributed by atoms with E-state index in [1.165, 1.54) is 12.3 Å². The highest BCUT2D eigenvalue weighted by atomic mass is 35.5. The molecule has 0 saturated heterocycles. The summed E-state index contributed by atoms with van der Waals surface area (Å²) in [5.41, 5.74) is 1.87. The molecule has 8 heteroatoms. The highest BCUT2D eigenvalue weighted by Crippen LogP contribution is 2.24. The Bertz CT molecular complexity index is 1670. The minimum atomic E-state index is -0.750. The zero-order valence-electron chi connectivity index (χ0n) is 18.7. The number of hydrogen-bond acceptors (Lipinski definition) is 5. The van der Waals surface area contributed by atoms with Gasteiger partial charge in [0.1, 0.15) is 17.0 Å². The predicted molar refractivity (Wildman–Crippen MR) is 133 cm³/mol. The van der Waals surface area contributed by atoms with Gasteiger partial charge in [-0.2, -0.15) is 0 Å². The van der Waals surface area contributed by atoms with Crippen LogP contribution in [0, 0.1) is 5.82 Å². The lowest BCUT2D eigenvalue weighted by atomic mass is 10.1. The number of halogens is 2. The number of rotatable bonds is 5. The van der Waals surface area contributed by atoms with Crippen molar-refractivity contribution in [2.45, 2.75) is 13.5 Å². The van der Waals surface area contributed by atoms with Crippen LogP contribution in [0.15, 0.2) is 77.7 Å². The van der Waals surface area contributed by atoms with E-state index >= 15 is 0 Å². The van der Waals surface area contributed by atoms with Gasteiger partial charge in [-0.25, -0.2) is 19.2 Å². The third kappa shape index (κ3) is 4.26. The molecule has 0 atom stereocenters. The lowest BCUT2D eigenvalue weighted by Gasteiger charge is -2.14. The Hall–Kier alpha value is -4.10. The Labute approximate surface area is 204 Å². The fourth-order valence-corrected chi connectivity index (χ4v) is 4.14. The molecule has 5 rings (SSSR count). The summed E-state index contributed by atoms with van der Waals surface area (Å²) in [4.78, 5) is 35.0. The topological polar surface area (TPSA) is 74.1 Å². The summed E-state index contributed by atoms with van der Waals surface area (Å²) in [6.07, 6.45) is 1.35. The second-order valence-corrected chi connectivity index (χ2v) is 8.30. The molecule has 0 amide bonds. The Morgan fingerprint density at radius 3 is 2.60 bits per heavy atom. The van der Waals surface area contributed by atoms with Gasteiger partial charge < -0.3 is 9.30 Å². The number of carbonyl (C=O) groups is 1. The van der Waals surface area contributed by atoms with Crippen LogP contribution in [0.25, 0.3) is 33.3 Å². The van der Waals surface area contributed by atoms with Gasteiger partial charge in [0, 0.05) is 17.1 Å². The molecule has 0 saturated carbocycles. The van der Waals surface area contributed by atoms with E-state index in [-0.39, 0.29) is 40.3 Å². The quantitative estimate of drug-likeness (QED) is 0.300. The number of ether oxygens (including phenoxy) is 1. The molecular weight excluding hydrogens is 469 g/mol. The van der Waals surface area contributed by atoms with Crippen LogP contribution in [0.1, 0.15) is 22.8 Å². The molecule has 0 bridgehead atoms. The first-order valence-electron chi connectivity index (χ1n) is 11.0. The van der Waals surface area contributed by atoms with Crippen LogP contribution in [0.2, 0.25) is 5.02 Å². The summed E-state index contributed by atoms with van der Waals surface area (Å²) in [5, 5.41) is 1.18. The Morgan fingerprint density at radius 1 is 1.00 bits per heavy atom. The van der Waals surface area contributed by atoms with Gasteiger partial charge in [0.2, 0.25) is 5.43 Å². The summed E-state index contributed by atoms with van der Waals surface area (Å²) in [6.45, 7) is 1.77. The Kier molecular flexibility index (Phi) is 6.01. The van der Waals surface area contributed by atoms with Crippen molar-refractivity contribution in [3.8, 4) is 11.4 Å². The van der Waals surface area contributed by atoms with Crippen LogP contribution in [0.4, 0.5) is 4.39 Å². The van der Waals surface area contributed by atoms with Crippen LogP contribution in [-0.2, 0) is 11.3 Å². The number of fused-ring (bicyclic) bond motifs is 2. The number of pyridine rings is 3. The lowest BCUT2D eigenvalue weighted by Crippen LogP contribution is -2.22. The molecule has 174 valence electrons. The second kappa shape index (κ2) is 9.27. The van der Waals surface area contributed by atoms with E-state index in [0.29, 0.717) is 11.4 Å². The van der Waals surface area contributed by atoms with Crippen LogP contribution in [-0.4, -0.2) is 27.1 Å². The second-order valence-electron chi connectivity index (χ2n) is 7.89. The molecule has 0 unspecified atom stereocenters.